The first-order valence-electron chi connectivity index (χ1n) is 10.5. The summed E-state index contributed by atoms with van der Waals surface area (Å²) in [7, 11) is 0. The molecule has 182 valence electrons. The molecular formula is C25H33N5O4. The number of carbonyl (C=O) groups excluding carboxylic acids is 3. The Morgan fingerprint density at radius 2 is 1.47 bits per heavy atom. The average molecular weight is 468 g/mol. The van der Waals surface area contributed by atoms with Crippen LogP contribution < -0.4 is 27.6 Å². The molecule has 0 spiro atoms. The standard InChI is InChI=1S/C24H29N5O4.CH4/c1-15(2)13-20(26)23(31)27-19-11-7-17(8-12-19)4-3-16-5-9-18(10-6-16)22(30)28-21(14-25)24(32)29-33;/h5-12,15,20-21,33H,13-14,25-26H2,1-2H3,(H,27,31)(H,28,30)(H,29,32);1H4/t20-,21-;/m0./s1. The highest BCUT2D eigenvalue weighted by Gasteiger charge is 2.19. The second-order valence-electron chi connectivity index (χ2n) is 7.87. The molecule has 0 radical (unpaired) electrons. The van der Waals surface area contributed by atoms with Gasteiger partial charge >= 0.3 is 0 Å². The number of nitrogens with one attached hydrogen (secondary N) is 3. The van der Waals surface area contributed by atoms with E-state index in [2.05, 4.69) is 22.5 Å². The van der Waals surface area contributed by atoms with Crippen molar-refractivity contribution in [1.29, 1.82) is 0 Å². The van der Waals surface area contributed by atoms with Gasteiger partial charge in [-0.15, -0.1) is 0 Å². The van der Waals surface area contributed by atoms with Crippen LogP contribution in [-0.2, 0) is 9.59 Å². The SMILES string of the molecule is C.CC(C)C[C@H](N)C(=O)Nc1ccc(C#Cc2ccc(C(=O)N[C@@H](CN)C(=O)NO)cc2)cc1. The molecule has 0 bridgehead atoms. The third-order valence-electron chi connectivity index (χ3n) is 4.68. The van der Waals surface area contributed by atoms with Crippen molar-refractivity contribution in [2.24, 2.45) is 17.4 Å². The molecule has 9 heteroatoms. The smallest absolute Gasteiger partial charge is 0.267 e. The maximum absolute atomic E-state index is 12.2. The molecule has 9 nitrogen and oxygen atoms in total. The van der Waals surface area contributed by atoms with Crippen molar-refractivity contribution in [2.45, 2.75) is 39.8 Å². The van der Waals surface area contributed by atoms with E-state index >= 15 is 0 Å². The summed E-state index contributed by atoms with van der Waals surface area (Å²) in [6.07, 6.45) is 0.613. The summed E-state index contributed by atoms with van der Waals surface area (Å²) in [5.74, 6) is 4.84. The minimum atomic E-state index is -1.04. The molecule has 0 heterocycles. The molecule has 0 aromatic heterocycles. The van der Waals surface area contributed by atoms with Crippen LogP contribution in [0.2, 0.25) is 0 Å². The fraction of sp³-hybridized carbons (Fsp3) is 0.320. The maximum atomic E-state index is 12.2. The zero-order valence-electron chi connectivity index (χ0n) is 18.6. The van der Waals surface area contributed by atoms with Gasteiger partial charge in [0, 0.05) is 28.9 Å². The minimum absolute atomic E-state index is 0. The lowest BCUT2D eigenvalue weighted by Crippen LogP contribution is -2.50. The van der Waals surface area contributed by atoms with E-state index in [1.165, 1.54) is 5.48 Å². The Hall–Kier alpha value is -3.71. The Labute approximate surface area is 200 Å². The van der Waals surface area contributed by atoms with Gasteiger partial charge in [-0.2, -0.15) is 0 Å². The first-order chi connectivity index (χ1) is 15.7. The maximum Gasteiger partial charge on any atom is 0.267 e. The van der Waals surface area contributed by atoms with E-state index in [-0.39, 0.29) is 19.9 Å². The van der Waals surface area contributed by atoms with E-state index in [0.717, 1.165) is 5.56 Å². The van der Waals surface area contributed by atoms with Crippen LogP contribution in [0.5, 0.6) is 0 Å². The lowest BCUT2D eigenvalue weighted by Gasteiger charge is -2.14. The number of hydrogen-bond acceptors (Lipinski definition) is 6. The summed E-state index contributed by atoms with van der Waals surface area (Å²) in [6.45, 7) is 3.87. The number of anilines is 1. The van der Waals surface area contributed by atoms with Gasteiger partial charge in [0.2, 0.25) is 5.91 Å². The molecule has 0 aliphatic carbocycles. The summed E-state index contributed by atoms with van der Waals surface area (Å²) in [6, 6.07) is 12.0. The molecule has 0 aliphatic rings. The van der Waals surface area contributed by atoms with Crippen molar-refractivity contribution >= 4 is 23.4 Å². The average Bonchev–Trinajstić information content (AvgIpc) is 2.81. The molecule has 2 aromatic rings. The van der Waals surface area contributed by atoms with Gasteiger partial charge in [0.15, 0.2) is 0 Å². The van der Waals surface area contributed by atoms with E-state index in [9.17, 15) is 14.4 Å². The Morgan fingerprint density at radius 3 is 1.94 bits per heavy atom. The third-order valence-corrected chi connectivity index (χ3v) is 4.68. The van der Waals surface area contributed by atoms with Gasteiger partial charge in [-0.3, -0.25) is 19.6 Å². The number of hydroxylamine groups is 1. The third kappa shape index (κ3) is 8.67. The van der Waals surface area contributed by atoms with E-state index in [4.69, 9.17) is 16.7 Å². The zero-order valence-corrected chi connectivity index (χ0v) is 18.6. The van der Waals surface area contributed by atoms with Gasteiger partial charge in [-0.25, -0.2) is 5.48 Å². The predicted octanol–water partition coefficient (Wildman–Crippen LogP) is 1.60. The topological polar surface area (TPSA) is 160 Å². The van der Waals surface area contributed by atoms with E-state index in [1.807, 2.05) is 13.8 Å². The predicted molar refractivity (Wildman–Crippen MR) is 132 cm³/mol. The van der Waals surface area contributed by atoms with E-state index in [0.29, 0.717) is 29.2 Å². The minimum Gasteiger partial charge on any atom is -0.339 e. The molecule has 0 fully saturated rings. The summed E-state index contributed by atoms with van der Waals surface area (Å²) < 4.78 is 0. The fourth-order valence-corrected chi connectivity index (χ4v) is 2.89. The van der Waals surface area contributed by atoms with Gasteiger partial charge in [-0.1, -0.05) is 33.1 Å². The number of carbonyl (C=O) groups is 3. The molecule has 3 amide bonds. The van der Waals surface area contributed by atoms with Crippen LogP contribution in [0.3, 0.4) is 0 Å². The Bertz CT molecular complexity index is 1020. The van der Waals surface area contributed by atoms with Crippen molar-refractivity contribution in [1.82, 2.24) is 10.8 Å². The van der Waals surface area contributed by atoms with Crippen LogP contribution in [-0.4, -0.2) is 41.6 Å². The highest BCUT2D eigenvalue weighted by atomic mass is 16.5. The monoisotopic (exact) mass is 467 g/mol. The van der Waals surface area contributed by atoms with Crippen LogP contribution in [0.4, 0.5) is 5.69 Å². The normalized spacial score (nSPS) is 11.8. The zero-order chi connectivity index (χ0) is 24.4. The Morgan fingerprint density at radius 1 is 0.941 bits per heavy atom. The highest BCUT2D eigenvalue weighted by molar-refractivity contribution is 5.97. The largest absolute Gasteiger partial charge is 0.339 e. The molecule has 8 N–H and O–H groups in total. The molecule has 0 saturated heterocycles. The lowest BCUT2D eigenvalue weighted by molar-refractivity contribution is -0.130. The second-order valence-corrected chi connectivity index (χ2v) is 7.87. The van der Waals surface area contributed by atoms with Gasteiger partial charge in [0.05, 0.1) is 6.04 Å². The lowest BCUT2D eigenvalue weighted by atomic mass is 10.0. The van der Waals surface area contributed by atoms with Crippen LogP contribution in [0.15, 0.2) is 48.5 Å². The van der Waals surface area contributed by atoms with Crippen molar-refractivity contribution in [3.8, 4) is 11.8 Å². The fourth-order valence-electron chi connectivity index (χ4n) is 2.89. The molecule has 0 aliphatic heterocycles. The highest BCUT2D eigenvalue weighted by Crippen LogP contribution is 2.11. The van der Waals surface area contributed by atoms with Crippen molar-refractivity contribution in [3.63, 3.8) is 0 Å². The number of amides is 3. The summed E-state index contributed by atoms with van der Waals surface area (Å²) in [5, 5.41) is 13.9. The van der Waals surface area contributed by atoms with Gasteiger partial charge in [0.25, 0.3) is 11.8 Å². The van der Waals surface area contributed by atoms with Gasteiger partial charge in [-0.05, 0) is 60.9 Å². The molecule has 0 saturated carbocycles. The number of benzene rings is 2. The molecule has 34 heavy (non-hydrogen) atoms. The summed E-state index contributed by atoms with van der Waals surface area (Å²) in [5.41, 5.74) is 15.2. The van der Waals surface area contributed by atoms with Gasteiger partial charge < -0.3 is 22.1 Å². The van der Waals surface area contributed by atoms with Crippen LogP contribution in [0, 0.1) is 17.8 Å². The Balaban J connectivity index is 0.00000578. The van der Waals surface area contributed by atoms with E-state index < -0.39 is 23.9 Å². The number of hydrogen-bond donors (Lipinski definition) is 6. The van der Waals surface area contributed by atoms with Gasteiger partial charge in [0.1, 0.15) is 6.04 Å². The molecule has 2 rings (SSSR count). The molecular weight excluding hydrogens is 434 g/mol. The second kappa shape index (κ2) is 13.7. The molecule has 2 aromatic carbocycles. The first-order valence-corrected chi connectivity index (χ1v) is 10.5. The first kappa shape index (κ1) is 28.3. The summed E-state index contributed by atoms with van der Waals surface area (Å²) >= 11 is 0. The van der Waals surface area contributed by atoms with Crippen molar-refractivity contribution in [2.75, 3.05) is 11.9 Å². The van der Waals surface area contributed by atoms with Crippen molar-refractivity contribution in [3.05, 3.63) is 65.2 Å². The van der Waals surface area contributed by atoms with Crippen LogP contribution in [0.25, 0.3) is 0 Å². The molecule has 0 unspecified atom stereocenters. The summed E-state index contributed by atoms with van der Waals surface area (Å²) in [4.78, 5) is 35.8. The van der Waals surface area contributed by atoms with Crippen LogP contribution in [0.1, 0.15) is 49.2 Å². The Kier molecular flexibility index (Phi) is 11.5. The number of rotatable bonds is 8. The quantitative estimate of drug-likeness (QED) is 0.196. The van der Waals surface area contributed by atoms with Crippen molar-refractivity contribution < 1.29 is 19.6 Å². The molecule has 2 atom stereocenters. The van der Waals surface area contributed by atoms with E-state index in [1.54, 1.807) is 48.5 Å². The van der Waals surface area contributed by atoms with Crippen LogP contribution >= 0.6 is 0 Å². The number of nitrogens with two attached hydrogens (primary N) is 2.